The number of esters is 1. The van der Waals surface area contributed by atoms with Gasteiger partial charge in [0.25, 0.3) is 0 Å². The number of carbonyl (C=O) groups excluding carboxylic acids is 1. The SMILES string of the molecule is CCOC(=O)CNc1oc(-c2cccc(C)c2)nc1C#N. The molecule has 0 unspecified atom stereocenters. The number of rotatable bonds is 5. The summed E-state index contributed by atoms with van der Waals surface area (Å²) in [4.78, 5) is 15.4. The normalized spacial score (nSPS) is 9.95. The van der Waals surface area contributed by atoms with Gasteiger partial charge in [-0.05, 0) is 26.0 Å². The van der Waals surface area contributed by atoms with E-state index in [-0.39, 0.29) is 18.1 Å². The Morgan fingerprint density at radius 3 is 3.00 bits per heavy atom. The van der Waals surface area contributed by atoms with Crippen molar-refractivity contribution in [3.8, 4) is 17.5 Å². The van der Waals surface area contributed by atoms with Crippen molar-refractivity contribution in [1.82, 2.24) is 4.98 Å². The zero-order valence-electron chi connectivity index (χ0n) is 11.8. The van der Waals surface area contributed by atoms with Gasteiger partial charge in [0.2, 0.25) is 17.5 Å². The van der Waals surface area contributed by atoms with E-state index in [1.54, 1.807) is 6.92 Å². The highest BCUT2D eigenvalue weighted by atomic mass is 16.5. The second kappa shape index (κ2) is 6.57. The summed E-state index contributed by atoms with van der Waals surface area (Å²) in [5, 5.41) is 11.8. The van der Waals surface area contributed by atoms with Gasteiger partial charge in [-0.3, -0.25) is 4.79 Å². The number of nitrogens with one attached hydrogen (secondary N) is 1. The fourth-order valence-corrected chi connectivity index (χ4v) is 1.78. The van der Waals surface area contributed by atoms with E-state index in [2.05, 4.69) is 10.3 Å². The summed E-state index contributed by atoms with van der Waals surface area (Å²) in [7, 11) is 0. The van der Waals surface area contributed by atoms with Gasteiger partial charge in [-0.15, -0.1) is 0 Å². The summed E-state index contributed by atoms with van der Waals surface area (Å²) in [6, 6.07) is 9.52. The summed E-state index contributed by atoms with van der Waals surface area (Å²) >= 11 is 0. The van der Waals surface area contributed by atoms with E-state index in [1.807, 2.05) is 37.3 Å². The molecule has 1 aromatic heterocycles. The molecule has 0 bridgehead atoms. The van der Waals surface area contributed by atoms with Gasteiger partial charge in [0.1, 0.15) is 12.6 Å². The molecular weight excluding hydrogens is 270 g/mol. The van der Waals surface area contributed by atoms with Crippen LogP contribution in [0.25, 0.3) is 11.5 Å². The number of benzene rings is 1. The quantitative estimate of drug-likeness (QED) is 0.849. The van der Waals surface area contributed by atoms with E-state index in [0.717, 1.165) is 11.1 Å². The first-order valence-corrected chi connectivity index (χ1v) is 6.51. The highest BCUT2D eigenvalue weighted by molar-refractivity contribution is 5.75. The Morgan fingerprint density at radius 2 is 2.33 bits per heavy atom. The van der Waals surface area contributed by atoms with Crippen LogP contribution in [-0.4, -0.2) is 24.1 Å². The molecule has 6 nitrogen and oxygen atoms in total. The summed E-state index contributed by atoms with van der Waals surface area (Å²) in [6.07, 6.45) is 0. The summed E-state index contributed by atoms with van der Waals surface area (Å²) < 4.78 is 10.3. The van der Waals surface area contributed by atoms with Crippen molar-refractivity contribution in [1.29, 1.82) is 5.26 Å². The van der Waals surface area contributed by atoms with Gasteiger partial charge >= 0.3 is 5.97 Å². The molecule has 0 saturated carbocycles. The predicted molar refractivity (Wildman–Crippen MR) is 76.5 cm³/mol. The van der Waals surface area contributed by atoms with Crippen molar-refractivity contribution in [2.24, 2.45) is 0 Å². The number of carbonyl (C=O) groups is 1. The largest absolute Gasteiger partial charge is 0.465 e. The maximum atomic E-state index is 11.3. The molecule has 6 heteroatoms. The maximum absolute atomic E-state index is 11.3. The minimum atomic E-state index is -0.421. The van der Waals surface area contributed by atoms with Crippen molar-refractivity contribution in [3.63, 3.8) is 0 Å². The van der Waals surface area contributed by atoms with Gasteiger partial charge in [-0.25, -0.2) is 0 Å². The van der Waals surface area contributed by atoms with Crippen LogP contribution in [0.5, 0.6) is 0 Å². The molecule has 108 valence electrons. The molecule has 0 spiro atoms. The molecule has 0 fully saturated rings. The molecule has 2 rings (SSSR count). The van der Waals surface area contributed by atoms with Crippen LogP contribution < -0.4 is 5.32 Å². The minimum absolute atomic E-state index is 0.0784. The summed E-state index contributed by atoms with van der Waals surface area (Å²) in [6.45, 7) is 3.90. The number of anilines is 1. The third-order valence-electron chi connectivity index (χ3n) is 2.70. The van der Waals surface area contributed by atoms with Gasteiger partial charge in [-0.1, -0.05) is 17.7 Å². The Labute approximate surface area is 122 Å². The smallest absolute Gasteiger partial charge is 0.325 e. The molecule has 0 aliphatic rings. The first-order valence-electron chi connectivity index (χ1n) is 6.51. The number of aromatic nitrogens is 1. The van der Waals surface area contributed by atoms with Crippen LogP contribution in [0.15, 0.2) is 28.7 Å². The number of aryl methyl sites for hydroxylation is 1. The lowest BCUT2D eigenvalue weighted by Crippen LogP contribution is -2.16. The molecule has 2 aromatic rings. The van der Waals surface area contributed by atoms with Crippen molar-refractivity contribution >= 4 is 11.9 Å². The lowest BCUT2D eigenvalue weighted by atomic mass is 10.1. The molecule has 0 atom stereocenters. The van der Waals surface area contributed by atoms with E-state index in [0.29, 0.717) is 12.5 Å². The van der Waals surface area contributed by atoms with Crippen molar-refractivity contribution in [3.05, 3.63) is 35.5 Å². The molecule has 1 aromatic carbocycles. The Hall–Kier alpha value is -2.81. The fraction of sp³-hybridized carbons (Fsp3) is 0.267. The number of nitriles is 1. The first-order chi connectivity index (χ1) is 10.1. The summed E-state index contributed by atoms with van der Waals surface area (Å²) in [5.41, 5.74) is 1.94. The second-order valence-corrected chi connectivity index (χ2v) is 4.34. The van der Waals surface area contributed by atoms with Gasteiger partial charge in [0.15, 0.2) is 0 Å². The van der Waals surface area contributed by atoms with Crippen LogP contribution in [0, 0.1) is 18.3 Å². The van der Waals surface area contributed by atoms with Crippen LogP contribution in [0.1, 0.15) is 18.2 Å². The Kier molecular flexibility index (Phi) is 4.57. The van der Waals surface area contributed by atoms with Crippen LogP contribution in [0.4, 0.5) is 5.88 Å². The van der Waals surface area contributed by atoms with E-state index < -0.39 is 5.97 Å². The van der Waals surface area contributed by atoms with Gasteiger partial charge in [0.05, 0.1) is 6.61 Å². The molecule has 1 heterocycles. The Balaban J connectivity index is 2.20. The zero-order valence-corrected chi connectivity index (χ0v) is 11.8. The van der Waals surface area contributed by atoms with Gasteiger partial charge < -0.3 is 14.5 Å². The van der Waals surface area contributed by atoms with Crippen LogP contribution in [0.2, 0.25) is 0 Å². The highest BCUT2D eigenvalue weighted by Gasteiger charge is 2.15. The topological polar surface area (TPSA) is 88.2 Å². The lowest BCUT2D eigenvalue weighted by Gasteiger charge is -2.02. The van der Waals surface area contributed by atoms with Crippen LogP contribution in [-0.2, 0) is 9.53 Å². The van der Waals surface area contributed by atoms with Crippen molar-refractivity contribution in [2.45, 2.75) is 13.8 Å². The maximum Gasteiger partial charge on any atom is 0.325 e. The third-order valence-corrected chi connectivity index (χ3v) is 2.70. The van der Waals surface area contributed by atoms with Crippen LogP contribution in [0.3, 0.4) is 0 Å². The molecular formula is C15H15N3O3. The monoisotopic (exact) mass is 285 g/mol. The molecule has 0 aliphatic heterocycles. The Bertz CT molecular complexity index is 686. The number of nitrogens with zero attached hydrogens (tertiary/aromatic N) is 2. The van der Waals surface area contributed by atoms with Crippen molar-refractivity contribution < 1.29 is 13.9 Å². The molecule has 0 saturated heterocycles. The van der Waals surface area contributed by atoms with E-state index >= 15 is 0 Å². The average Bonchev–Trinajstić information content (AvgIpc) is 2.89. The second-order valence-electron chi connectivity index (χ2n) is 4.34. The van der Waals surface area contributed by atoms with Gasteiger partial charge in [-0.2, -0.15) is 10.2 Å². The predicted octanol–water partition coefficient (Wildman–Crippen LogP) is 2.50. The zero-order chi connectivity index (χ0) is 15.2. The third kappa shape index (κ3) is 3.60. The van der Waals surface area contributed by atoms with E-state index in [4.69, 9.17) is 14.4 Å². The minimum Gasteiger partial charge on any atom is -0.465 e. The molecule has 1 N–H and O–H groups in total. The summed E-state index contributed by atoms with van der Waals surface area (Å²) in [5.74, 6) is 0.0820. The van der Waals surface area contributed by atoms with Crippen LogP contribution >= 0.6 is 0 Å². The number of ether oxygens (including phenoxy) is 1. The molecule has 21 heavy (non-hydrogen) atoms. The van der Waals surface area contributed by atoms with Crippen molar-refractivity contribution in [2.75, 3.05) is 18.5 Å². The fourth-order valence-electron chi connectivity index (χ4n) is 1.78. The molecule has 0 amide bonds. The van der Waals surface area contributed by atoms with E-state index in [1.165, 1.54) is 0 Å². The number of hydrogen-bond donors (Lipinski definition) is 1. The standard InChI is InChI=1S/C15H15N3O3/c1-3-20-13(19)9-17-15-12(8-16)18-14(21-15)11-6-4-5-10(2)7-11/h4-7,17H,3,9H2,1-2H3. The number of hydrogen-bond acceptors (Lipinski definition) is 6. The lowest BCUT2D eigenvalue weighted by molar-refractivity contribution is -0.140. The first kappa shape index (κ1) is 14.6. The van der Waals surface area contributed by atoms with E-state index in [9.17, 15) is 4.79 Å². The number of oxazole rings is 1. The highest BCUT2D eigenvalue weighted by Crippen LogP contribution is 2.25. The molecule has 0 radical (unpaired) electrons. The average molecular weight is 285 g/mol. The van der Waals surface area contributed by atoms with Gasteiger partial charge in [0, 0.05) is 5.56 Å². The Morgan fingerprint density at radius 1 is 1.52 bits per heavy atom. The molecule has 0 aliphatic carbocycles.